The minimum atomic E-state index is -0.205. The van der Waals surface area contributed by atoms with Crippen molar-refractivity contribution in [2.75, 3.05) is 13.2 Å². The fourth-order valence-corrected chi connectivity index (χ4v) is 1.24. The van der Waals surface area contributed by atoms with Crippen LogP contribution in [0.4, 0.5) is 0 Å². The molecule has 3 nitrogen and oxygen atoms in total. The number of amides is 1. The van der Waals surface area contributed by atoms with Crippen LogP contribution in [0.25, 0.3) is 0 Å². The van der Waals surface area contributed by atoms with Crippen LogP contribution in [0.5, 0.6) is 0 Å². The fourth-order valence-electron chi connectivity index (χ4n) is 1.02. The molecule has 0 radical (unpaired) electrons. The number of hydrogen-bond donors (Lipinski definition) is 2. The lowest BCUT2D eigenvalue weighted by molar-refractivity contribution is 0.0951. The third-order valence-corrected chi connectivity index (χ3v) is 2.07. The van der Waals surface area contributed by atoms with E-state index in [0.717, 1.165) is 0 Å². The zero-order valence-electron chi connectivity index (χ0n) is 7.66. The monoisotopic (exact) mass is 213 g/mol. The Labute approximate surface area is 87.7 Å². The number of benzene rings is 1. The van der Waals surface area contributed by atoms with E-state index in [9.17, 15) is 4.79 Å². The average molecular weight is 214 g/mol. The lowest BCUT2D eigenvalue weighted by atomic mass is 10.2. The maximum atomic E-state index is 11.5. The summed E-state index contributed by atoms with van der Waals surface area (Å²) in [5.41, 5.74) is 0.465. The summed E-state index contributed by atoms with van der Waals surface area (Å²) < 4.78 is 0. The second-order valence-corrected chi connectivity index (χ2v) is 3.22. The highest BCUT2D eigenvalue weighted by atomic mass is 35.5. The lowest BCUT2D eigenvalue weighted by Gasteiger charge is -2.04. The zero-order valence-corrected chi connectivity index (χ0v) is 8.42. The Morgan fingerprint density at radius 3 is 2.79 bits per heavy atom. The van der Waals surface area contributed by atoms with E-state index in [1.165, 1.54) is 0 Å². The van der Waals surface area contributed by atoms with Crippen molar-refractivity contribution in [3.8, 4) is 0 Å². The molecule has 0 saturated heterocycles. The minimum Gasteiger partial charge on any atom is -0.396 e. The Balaban J connectivity index is 2.56. The van der Waals surface area contributed by atoms with Crippen LogP contribution < -0.4 is 5.32 Å². The maximum Gasteiger partial charge on any atom is 0.252 e. The van der Waals surface area contributed by atoms with Crippen LogP contribution in [-0.2, 0) is 0 Å². The number of aliphatic hydroxyl groups excluding tert-OH is 1. The highest BCUT2D eigenvalue weighted by Crippen LogP contribution is 2.14. The van der Waals surface area contributed by atoms with Gasteiger partial charge in [-0.1, -0.05) is 23.7 Å². The number of carbonyl (C=O) groups excluding carboxylic acids is 1. The van der Waals surface area contributed by atoms with Crippen LogP contribution in [0.1, 0.15) is 16.8 Å². The molecule has 0 fully saturated rings. The molecule has 0 aliphatic rings. The van der Waals surface area contributed by atoms with Gasteiger partial charge in [0, 0.05) is 13.2 Å². The topological polar surface area (TPSA) is 49.3 Å². The molecule has 76 valence electrons. The van der Waals surface area contributed by atoms with Crippen LogP contribution in [-0.4, -0.2) is 24.2 Å². The molecule has 14 heavy (non-hydrogen) atoms. The summed E-state index contributed by atoms with van der Waals surface area (Å²) in [7, 11) is 0. The summed E-state index contributed by atoms with van der Waals surface area (Å²) in [5, 5.41) is 11.6. The normalized spacial score (nSPS) is 9.86. The molecule has 0 aliphatic heterocycles. The summed E-state index contributed by atoms with van der Waals surface area (Å²) >= 11 is 5.82. The lowest BCUT2D eigenvalue weighted by Crippen LogP contribution is -2.25. The van der Waals surface area contributed by atoms with Crippen LogP contribution >= 0.6 is 11.6 Å². The van der Waals surface area contributed by atoms with Gasteiger partial charge in [-0.05, 0) is 18.6 Å². The quantitative estimate of drug-likeness (QED) is 0.744. The van der Waals surface area contributed by atoms with Gasteiger partial charge in [-0.15, -0.1) is 0 Å². The van der Waals surface area contributed by atoms with Crippen LogP contribution in [0.15, 0.2) is 24.3 Å². The number of nitrogens with one attached hydrogen (secondary N) is 1. The molecule has 0 bridgehead atoms. The van der Waals surface area contributed by atoms with Gasteiger partial charge in [0.05, 0.1) is 10.6 Å². The Kier molecular flexibility index (Phi) is 4.43. The van der Waals surface area contributed by atoms with E-state index in [0.29, 0.717) is 23.6 Å². The van der Waals surface area contributed by atoms with Gasteiger partial charge in [-0.25, -0.2) is 0 Å². The summed E-state index contributed by atoms with van der Waals surface area (Å²) in [5.74, 6) is -0.205. The van der Waals surface area contributed by atoms with Crippen LogP contribution in [0.3, 0.4) is 0 Å². The fraction of sp³-hybridized carbons (Fsp3) is 0.300. The van der Waals surface area contributed by atoms with Crippen LogP contribution in [0, 0.1) is 0 Å². The molecule has 0 atom stereocenters. The van der Waals surface area contributed by atoms with E-state index in [1.807, 2.05) is 0 Å². The molecule has 0 saturated carbocycles. The highest BCUT2D eigenvalue weighted by Gasteiger charge is 2.07. The first-order valence-corrected chi connectivity index (χ1v) is 4.77. The molecule has 1 aromatic rings. The van der Waals surface area contributed by atoms with Crippen molar-refractivity contribution >= 4 is 17.5 Å². The van der Waals surface area contributed by atoms with Crippen molar-refractivity contribution in [2.24, 2.45) is 0 Å². The van der Waals surface area contributed by atoms with Gasteiger partial charge in [-0.2, -0.15) is 0 Å². The summed E-state index contributed by atoms with van der Waals surface area (Å²) in [6.07, 6.45) is 0.552. The number of carbonyl (C=O) groups is 1. The molecule has 0 aromatic heterocycles. The van der Waals surface area contributed by atoms with Gasteiger partial charge in [0.1, 0.15) is 0 Å². The second kappa shape index (κ2) is 5.62. The standard InChI is InChI=1S/C10H12ClNO2/c11-9-5-2-1-4-8(9)10(14)12-6-3-7-13/h1-2,4-5,13H,3,6-7H2,(H,12,14). The van der Waals surface area contributed by atoms with Gasteiger partial charge in [-0.3, -0.25) is 4.79 Å². The molecule has 2 N–H and O–H groups in total. The van der Waals surface area contributed by atoms with Crippen LogP contribution in [0.2, 0.25) is 5.02 Å². The molecular weight excluding hydrogens is 202 g/mol. The Morgan fingerprint density at radius 1 is 1.43 bits per heavy atom. The smallest absolute Gasteiger partial charge is 0.252 e. The van der Waals surface area contributed by atoms with Crippen molar-refractivity contribution in [1.82, 2.24) is 5.32 Å². The zero-order chi connectivity index (χ0) is 10.4. The molecule has 1 amide bonds. The van der Waals surface area contributed by atoms with E-state index < -0.39 is 0 Å². The maximum absolute atomic E-state index is 11.5. The first kappa shape index (κ1) is 11.0. The van der Waals surface area contributed by atoms with E-state index in [2.05, 4.69) is 5.32 Å². The van der Waals surface area contributed by atoms with Crippen molar-refractivity contribution in [3.05, 3.63) is 34.9 Å². The van der Waals surface area contributed by atoms with E-state index in [-0.39, 0.29) is 12.5 Å². The molecule has 4 heteroatoms. The minimum absolute atomic E-state index is 0.0722. The van der Waals surface area contributed by atoms with Gasteiger partial charge < -0.3 is 10.4 Å². The first-order chi connectivity index (χ1) is 6.75. The molecule has 0 aliphatic carbocycles. The van der Waals surface area contributed by atoms with Crippen molar-refractivity contribution in [2.45, 2.75) is 6.42 Å². The largest absolute Gasteiger partial charge is 0.396 e. The first-order valence-electron chi connectivity index (χ1n) is 4.39. The number of aliphatic hydroxyl groups is 1. The second-order valence-electron chi connectivity index (χ2n) is 2.81. The van der Waals surface area contributed by atoms with Crippen molar-refractivity contribution in [1.29, 1.82) is 0 Å². The third kappa shape index (κ3) is 3.01. The van der Waals surface area contributed by atoms with Gasteiger partial charge in [0.2, 0.25) is 0 Å². The highest BCUT2D eigenvalue weighted by molar-refractivity contribution is 6.33. The predicted octanol–water partition coefficient (Wildman–Crippen LogP) is 1.45. The van der Waals surface area contributed by atoms with E-state index in [1.54, 1.807) is 24.3 Å². The third-order valence-electron chi connectivity index (χ3n) is 1.74. The van der Waals surface area contributed by atoms with Crippen molar-refractivity contribution < 1.29 is 9.90 Å². The number of halogens is 1. The molecular formula is C10H12ClNO2. The van der Waals surface area contributed by atoms with Crippen molar-refractivity contribution in [3.63, 3.8) is 0 Å². The summed E-state index contributed by atoms with van der Waals surface area (Å²) in [6, 6.07) is 6.86. The number of hydrogen-bond acceptors (Lipinski definition) is 2. The van der Waals surface area contributed by atoms with E-state index in [4.69, 9.17) is 16.7 Å². The SMILES string of the molecule is O=C(NCCCO)c1ccccc1Cl. The summed E-state index contributed by atoms with van der Waals surface area (Å²) in [6.45, 7) is 0.531. The molecule has 0 unspecified atom stereocenters. The number of rotatable bonds is 4. The molecule has 1 rings (SSSR count). The van der Waals surface area contributed by atoms with Gasteiger partial charge >= 0.3 is 0 Å². The summed E-state index contributed by atoms with van der Waals surface area (Å²) in [4.78, 5) is 11.5. The Bertz CT molecular complexity index is 315. The average Bonchev–Trinajstić information content (AvgIpc) is 2.18. The molecule has 0 heterocycles. The Morgan fingerprint density at radius 2 is 2.14 bits per heavy atom. The van der Waals surface area contributed by atoms with Gasteiger partial charge in [0.25, 0.3) is 5.91 Å². The van der Waals surface area contributed by atoms with E-state index >= 15 is 0 Å². The Hall–Kier alpha value is -1.06. The molecule has 0 spiro atoms. The predicted molar refractivity (Wildman–Crippen MR) is 55.5 cm³/mol. The van der Waals surface area contributed by atoms with Gasteiger partial charge in [0.15, 0.2) is 0 Å². The molecule has 1 aromatic carbocycles.